The van der Waals surface area contributed by atoms with Gasteiger partial charge in [0.15, 0.2) is 0 Å². The summed E-state index contributed by atoms with van der Waals surface area (Å²) in [6.07, 6.45) is 0. The van der Waals surface area contributed by atoms with Gasteiger partial charge in [-0.05, 0) is 32.0 Å². The number of rotatable bonds is 6. The maximum absolute atomic E-state index is 10.8. The predicted molar refractivity (Wildman–Crippen MR) is 75.7 cm³/mol. The van der Waals surface area contributed by atoms with E-state index in [9.17, 15) is 4.79 Å². The highest BCUT2D eigenvalue weighted by Gasteiger charge is 2.20. The Labute approximate surface area is 113 Å². The molecule has 4 N–H and O–H groups in total. The normalized spacial score (nSPS) is 11.6. The molecular formula is C14H22N2O3. The van der Waals surface area contributed by atoms with Crippen LogP contribution >= 0.6 is 0 Å². The molecule has 0 unspecified atom stereocenters. The maximum atomic E-state index is 10.8. The summed E-state index contributed by atoms with van der Waals surface area (Å²) in [5, 5.41) is 12.2. The highest BCUT2D eigenvalue weighted by Crippen LogP contribution is 2.23. The van der Waals surface area contributed by atoms with Crippen LogP contribution in [0.1, 0.15) is 38.1 Å². The average molecular weight is 266 g/mol. The Morgan fingerprint density at radius 1 is 1.47 bits per heavy atom. The van der Waals surface area contributed by atoms with Crippen LogP contribution in [0.4, 0.5) is 5.69 Å². The minimum Gasteiger partial charge on any atom is -0.490 e. The van der Waals surface area contributed by atoms with Gasteiger partial charge in [-0.1, -0.05) is 13.8 Å². The van der Waals surface area contributed by atoms with Crippen LogP contribution in [0.2, 0.25) is 0 Å². The zero-order chi connectivity index (χ0) is 14.6. The third kappa shape index (κ3) is 4.79. The number of carbonyl (C=O) groups is 1. The number of nitrogen functional groups attached to an aromatic ring is 1. The first kappa shape index (κ1) is 15.3. The van der Waals surface area contributed by atoms with E-state index in [1.807, 2.05) is 13.8 Å². The third-order valence-electron chi connectivity index (χ3n) is 2.52. The van der Waals surface area contributed by atoms with E-state index in [0.717, 1.165) is 0 Å². The van der Waals surface area contributed by atoms with Crippen LogP contribution in [0.5, 0.6) is 5.75 Å². The van der Waals surface area contributed by atoms with Crippen molar-refractivity contribution in [3.63, 3.8) is 0 Å². The van der Waals surface area contributed by atoms with Crippen molar-refractivity contribution in [3.05, 3.63) is 23.8 Å². The van der Waals surface area contributed by atoms with Crippen LogP contribution < -0.4 is 15.8 Å². The number of ether oxygens (including phenoxy) is 1. The summed E-state index contributed by atoms with van der Waals surface area (Å²) in [4.78, 5) is 10.8. The topological polar surface area (TPSA) is 84.6 Å². The molecule has 19 heavy (non-hydrogen) atoms. The number of nitrogens with one attached hydrogen (secondary N) is 1. The van der Waals surface area contributed by atoms with Gasteiger partial charge < -0.3 is 20.9 Å². The number of hydrogen-bond acceptors (Lipinski definition) is 4. The van der Waals surface area contributed by atoms with Crippen LogP contribution in [0, 0.1) is 0 Å². The molecule has 0 aliphatic carbocycles. The Morgan fingerprint density at radius 3 is 2.58 bits per heavy atom. The van der Waals surface area contributed by atoms with E-state index >= 15 is 0 Å². The summed E-state index contributed by atoms with van der Waals surface area (Å²) in [5.74, 6) is -0.497. The van der Waals surface area contributed by atoms with Crippen molar-refractivity contribution in [2.24, 2.45) is 0 Å². The molecular weight excluding hydrogens is 244 g/mol. The zero-order valence-electron chi connectivity index (χ0n) is 11.9. The van der Waals surface area contributed by atoms with Gasteiger partial charge in [-0.2, -0.15) is 0 Å². The lowest BCUT2D eigenvalue weighted by atomic mass is 10.1. The standard InChI is InChI=1S/C14H22N2O3/c1-9(2)16-14(3,4)8-19-12-6-5-10(13(17)18)7-11(12)15/h5-7,9,16H,8,15H2,1-4H3,(H,17,18). The van der Waals surface area contributed by atoms with Crippen LogP contribution in [0.15, 0.2) is 18.2 Å². The molecule has 1 aromatic rings. The fraction of sp³-hybridized carbons (Fsp3) is 0.500. The molecule has 0 bridgehead atoms. The van der Waals surface area contributed by atoms with Crippen LogP contribution in [0.3, 0.4) is 0 Å². The quantitative estimate of drug-likeness (QED) is 0.687. The van der Waals surface area contributed by atoms with E-state index in [4.69, 9.17) is 15.6 Å². The molecule has 0 amide bonds. The van der Waals surface area contributed by atoms with E-state index in [2.05, 4.69) is 19.2 Å². The second kappa shape index (κ2) is 5.93. The Morgan fingerprint density at radius 2 is 2.11 bits per heavy atom. The lowest BCUT2D eigenvalue weighted by Crippen LogP contribution is -2.47. The molecule has 0 aromatic heterocycles. The Hall–Kier alpha value is -1.75. The molecule has 0 atom stereocenters. The summed E-state index contributed by atoms with van der Waals surface area (Å²) in [7, 11) is 0. The first-order valence-corrected chi connectivity index (χ1v) is 6.24. The molecule has 0 radical (unpaired) electrons. The minimum atomic E-state index is -1.000. The summed E-state index contributed by atoms with van der Waals surface area (Å²) in [6.45, 7) is 8.65. The fourth-order valence-electron chi connectivity index (χ4n) is 1.89. The van der Waals surface area contributed by atoms with Crippen molar-refractivity contribution in [1.82, 2.24) is 5.32 Å². The Balaban J connectivity index is 2.71. The summed E-state index contributed by atoms with van der Waals surface area (Å²) in [5.41, 5.74) is 6.08. The van der Waals surface area contributed by atoms with Crippen LogP contribution in [0.25, 0.3) is 0 Å². The van der Waals surface area contributed by atoms with E-state index in [0.29, 0.717) is 24.1 Å². The van der Waals surface area contributed by atoms with Gasteiger partial charge in [0.25, 0.3) is 0 Å². The number of benzene rings is 1. The summed E-state index contributed by atoms with van der Waals surface area (Å²) in [6, 6.07) is 4.83. The van der Waals surface area contributed by atoms with Crippen molar-refractivity contribution < 1.29 is 14.6 Å². The van der Waals surface area contributed by atoms with Crippen molar-refractivity contribution in [2.45, 2.75) is 39.3 Å². The van der Waals surface area contributed by atoms with Gasteiger partial charge in [-0.25, -0.2) is 4.79 Å². The van der Waals surface area contributed by atoms with Crippen molar-refractivity contribution in [1.29, 1.82) is 0 Å². The van der Waals surface area contributed by atoms with Gasteiger partial charge in [-0.3, -0.25) is 0 Å². The van der Waals surface area contributed by atoms with Gasteiger partial charge >= 0.3 is 5.97 Å². The van der Waals surface area contributed by atoms with Crippen molar-refractivity contribution >= 4 is 11.7 Å². The van der Waals surface area contributed by atoms with E-state index in [1.165, 1.54) is 12.1 Å². The lowest BCUT2D eigenvalue weighted by molar-refractivity contribution is 0.0697. The summed E-state index contributed by atoms with van der Waals surface area (Å²) >= 11 is 0. The highest BCUT2D eigenvalue weighted by atomic mass is 16.5. The van der Waals surface area contributed by atoms with Crippen LogP contribution in [-0.4, -0.2) is 29.3 Å². The number of carboxylic acid groups (broad SMARTS) is 1. The molecule has 0 heterocycles. The summed E-state index contributed by atoms with van der Waals surface area (Å²) < 4.78 is 5.66. The molecule has 0 fully saturated rings. The molecule has 5 nitrogen and oxygen atoms in total. The van der Waals surface area contributed by atoms with Crippen LogP contribution in [-0.2, 0) is 0 Å². The Kier molecular flexibility index (Phi) is 4.78. The molecule has 106 valence electrons. The van der Waals surface area contributed by atoms with E-state index in [-0.39, 0.29) is 11.1 Å². The first-order chi connectivity index (χ1) is 8.71. The number of hydrogen-bond donors (Lipinski definition) is 3. The van der Waals surface area contributed by atoms with Gasteiger partial charge in [0.1, 0.15) is 12.4 Å². The van der Waals surface area contributed by atoms with E-state index in [1.54, 1.807) is 6.07 Å². The number of carboxylic acids is 1. The fourth-order valence-corrected chi connectivity index (χ4v) is 1.89. The monoisotopic (exact) mass is 266 g/mol. The molecule has 0 aliphatic heterocycles. The maximum Gasteiger partial charge on any atom is 0.335 e. The zero-order valence-corrected chi connectivity index (χ0v) is 11.9. The van der Waals surface area contributed by atoms with Crippen molar-refractivity contribution in [2.75, 3.05) is 12.3 Å². The molecule has 0 aliphatic rings. The predicted octanol–water partition coefficient (Wildman–Crippen LogP) is 2.12. The average Bonchev–Trinajstić information content (AvgIpc) is 2.25. The molecule has 0 saturated heterocycles. The highest BCUT2D eigenvalue weighted by molar-refractivity contribution is 5.89. The second-order valence-electron chi connectivity index (χ2n) is 5.53. The minimum absolute atomic E-state index is 0.157. The lowest BCUT2D eigenvalue weighted by Gasteiger charge is -2.29. The SMILES string of the molecule is CC(C)NC(C)(C)COc1ccc(C(=O)O)cc1N. The number of aromatic carboxylic acids is 1. The van der Waals surface area contributed by atoms with E-state index < -0.39 is 5.97 Å². The molecule has 0 spiro atoms. The number of anilines is 1. The molecule has 0 saturated carbocycles. The third-order valence-corrected chi connectivity index (χ3v) is 2.52. The molecule has 1 rings (SSSR count). The Bertz CT molecular complexity index is 456. The van der Waals surface area contributed by atoms with Gasteiger partial charge in [0.05, 0.1) is 11.3 Å². The molecule has 5 heteroatoms. The molecule has 1 aromatic carbocycles. The second-order valence-corrected chi connectivity index (χ2v) is 5.53. The smallest absolute Gasteiger partial charge is 0.335 e. The largest absolute Gasteiger partial charge is 0.490 e. The number of nitrogens with two attached hydrogens (primary N) is 1. The van der Waals surface area contributed by atoms with Gasteiger partial charge in [0.2, 0.25) is 0 Å². The first-order valence-electron chi connectivity index (χ1n) is 6.24. The van der Waals surface area contributed by atoms with Gasteiger partial charge in [0, 0.05) is 11.6 Å². The van der Waals surface area contributed by atoms with Crippen molar-refractivity contribution in [3.8, 4) is 5.75 Å². The van der Waals surface area contributed by atoms with Gasteiger partial charge in [-0.15, -0.1) is 0 Å².